The number of carbonyl (C=O) groups excluding carboxylic acids is 1. The minimum Gasteiger partial charge on any atom is -0.361 e. The highest BCUT2D eigenvalue weighted by Crippen LogP contribution is 2.41. The maximum Gasteiger partial charge on any atom is 0.417 e. The first-order valence-electron chi connectivity index (χ1n) is 11.1. The number of methoxy groups -OCH3 is 1. The Bertz CT molecular complexity index is 1210. The number of allylic oxidation sites excluding steroid dienone is 1. The van der Waals surface area contributed by atoms with E-state index in [4.69, 9.17) is 16.3 Å². The van der Waals surface area contributed by atoms with Crippen LogP contribution < -0.4 is 5.32 Å². The molecule has 0 aromatic heterocycles. The summed E-state index contributed by atoms with van der Waals surface area (Å²) in [5.74, 6) is -5.25. The Kier molecular flexibility index (Phi) is 10.5. The van der Waals surface area contributed by atoms with Gasteiger partial charge in [0.05, 0.1) is 16.9 Å². The highest BCUT2D eigenvalue weighted by molar-refractivity contribution is 7.84. The van der Waals surface area contributed by atoms with E-state index in [1.54, 1.807) is 6.92 Å². The number of benzene rings is 2. The zero-order chi connectivity index (χ0) is 29.0. The Morgan fingerprint density at radius 2 is 1.68 bits per heavy atom. The smallest absolute Gasteiger partial charge is 0.361 e. The lowest BCUT2D eigenvalue weighted by Crippen LogP contribution is -2.41. The lowest BCUT2D eigenvalue weighted by Gasteiger charge is -2.20. The van der Waals surface area contributed by atoms with Gasteiger partial charge in [-0.2, -0.15) is 26.3 Å². The van der Waals surface area contributed by atoms with E-state index in [1.807, 2.05) is 0 Å². The standard InChI is InChI=1S/C25H25ClF7NO3S/c1-5-38(36)12-21(37-4)34-23(35)17-7-6-15(10-19(17)25(31,32)33)20(27)11-18(24(28,29)30)16-8-13(2)22(26)14(3)9-16/h6-11,18,21H,5,12H2,1-4H3,(H,34,35)/b20-11-. The van der Waals surface area contributed by atoms with Crippen molar-refractivity contribution in [2.45, 2.75) is 45.3 Å². The lowest BCUT2D eigenvalue weighted by molar-refractivity contribution is -0.140. The number of hydrogen-bond acceptors (Lipinski definition) is 3. The first kappa shape index (κ1) is 31.8. The first-order valence-corrected chi connectivity index (χ1v) is 13.0. The van der Waals surface area contributed by atoms with E-state index in [0.717, 1.165) is 25.3 Å². The van der Waals surface area contributed by atoms with Crippen molar-refractivity contribution in [3.63, 3.8) is 0 Å². The number of nitrogens with one attached hydrogen (secondary N) is 1. The molecule has 0 saturated carbocycles. The van der Waals surface area contributed by atoms with Gasteiger partial charge in [0.2, 0.25) is 0 Å². The Morgan fingerprint density at radius 3 is 2.16 bits per heavy atom. The van der Waals surface area contributed by atoms with Crippen LogP contribution in [-0.4, -0.2) is 41.1 Å². The third-order valence-corrected chi connectivity index (χ3v) is 7.48. The van der Waals surface area contributed by atoms with Gasteiger partial charge < -0.3 is 10.1 Å². The van der Waals surface area contributed by atoms with Crippen LogP contribution in [0.4, 0.5) is 30.7 Å². The number of hydrogen-bond donors (Lipinski definition) is 1. The Labute approximate surface area is 222 Å². The van der Waals surface area contributed by atoms with Gasteiger partial charge >= 0.3 is 12.4 Å². The van der Waals surface area contributed by atoms with Crippen molar-refractivity contribution >= 4 is 34.1 Å². The number of carbonyl (C=O) groups is 1. The molecule has 0 bridgehead atoms. The third kappa shape index (κ3) is 8.03. The van der Waals surface area contributed by atoms with Crippen LogP contribution in [0.1, 0.15) is 51.0 Å². The fourth-order valence-corrected chi connectivity index (χ4v) is 4.49. The van der Waals surface area contributed by atoms with Crippen molar-refractivity contribution in [3.8, 4) is 0 Å². The molecule has 0 aliphatic carbocycles. The molecule has 3 unspecified atom stereocenters. The topological polar surface area (TPSA) is 55.4 Å². The van der Waals surface area contributed by atoms with E-state index in [2.05, 4.69) is 5.32 Å². The molecule has 0 aliphatic heterocycles. The highest BCUT2D eigenvalue weighted by atomic mass is 35.5. The molecule has 1 amide bonds. The highest BCUT2D eigenvalue weighted by Gasteiger charge is 2.41. The van der Waals surface area contributed by atoms with Crippen molar-refractivity contribution in [3.05, 3.63) is 74.8 Å². The Morgan fingerprint density at radius 1 is 1.11 bits per heavy atom. The fourth-order valence-electron chi connectivity index (χ4n) is 3.59. The number of rotatable bonds is 9. The minimum atomic E-state index is -5.15. The molecule has 0 saturated heterocycles. The number of amides is 1. The van der Waals surface area contributed by atoms with Crippen molar-refractivity contribution in [1.82, 2.24) is 5.32 Å². The van der Waals surface area contributed by atoms with Crippen LogP contribution in [0.25, 0.3) is 5.83 Å². The summed E-state index contributed by atoms with van der Waals surface area (Å²) < 4.78 is 115. The maximum atomic E-state index is 15.0. The summed E-state index contributed by atoms with van der Waals surface area (Å²) in [7, 11) is -0.255. The van der Waals surface area contributed by atoms with Gasteiger partial charge in [-0.15, -0.1) is 0 Å². The number of halogens is 8. The van der Waals surface area contributed by atoms with E-state index < -0.39 is 63.7 Å². The van der Waals surface area contributed by atoms with Crippen LogP contribution in [0.15, 0.2) is 36.4 Å². The van der Waals surface area contributed by atoms with Gasteiger partial charge in [0.1, 0.15) is 18.0 Å². The van der Waals surface area contributed by atoms with Gasteiger partial charge in [0.25, 0.3) is 5.91 Å². The molecule has 1 N–H and O–H groups in total. The van der Waals surface area contributed by atoms with Crippen LogP contribution >= 0.6 is 11.6 Å². The molecule has 0 radical (unpaired) electrons. The maximum absolute atomic E-state index is 15.0. The van der Waals surface area contributed by atoms with Crippen molar-refractivity contribution in [2.24, 2.45) is 0 Å². The van der Waals surface area contributed by atoms with Crippen molar-refractivity contribution in [2.75, 3.05) is 18.6 Å². The molecular weight excluding hydrogens is 563 g/mol. The molecule has 3 atom stereocenters. The van der Waals surface area contributed by atoms with Gasteiger partial charge in [-0.1, -0.05) is 36.7 Å². The van der Waals surface area contributed by atoms with Crippen LogP contribution in [0.2, 0.25) is 5.02 Å². The quantitative estimate of drug-likeness (QED) is 0.251. The summed E-state index contributed by atoms with van der Waals surface area (Å²) in [4.78, 5) is 12.6. The van der Waals surface area contributed by atoms with Gasteiger partial charge in [-0.3, -0.25) is 9.00 Å². The zero-order valence-electron chi connectivity index (χ0n) is 20.7. The fraction of sp³-hybridized carbons (Fsp3) is 0.400. The molecule has 0 fully saturated rings. The minimum absolute atomic E-state index is 0.179. The number of aryl methyl sites for hydroxylation is 2. The van der Waals surface area contributed by atoms with Crippen LogP contribution in [0.3, 0.4) is 0 Å². The second-order valence-corrected chi connectivity index (χ2v) is 10.5. The molecule has 2 aromatic rings. The molecule has 2 rings (SSSR count). The van der Waals surface area contributed by atoms with Gasteiger partial charge in [-0.25, -0.2) is 4.39 Å². The summed E-state index contributed by atoms with van der Waals surface area (Å²) in [6.07, 6.45) is -11.1. The van der Waals surface area contributed by atoms with Crippen molar-refractivity contribution in [1.29, 1.82) is 0 Å². The molecule has 210 valence electrons. The second-order valence-electron chi connectivity index (χ2n) is 8.35. The van der Waals surface area contributed by atoms with E-state index in [9.17, 15) is 35.3 Å². The molecule has 0 aliphatic rings. The molecule has 38 heavy (non-hydrogen) atoms. The third-order valence-electron chi connectivity index (χ3n) is 5.56. The van der Waals surface area contributed by atoms with E-state index in [0.29, 0.717) is 17.2 Å². The van der Waals surface area contributed by atoms with Gasteiger partial charge in [0.15, 0.2) is 0 Å². The summed E-state index contributed by atoms with van der Waals surface area (Å²) >= 11 is 6.01. The Balaban J connectivity index is 2.53. The number of alkyl halides is 6. The average molecular weight is 588 g/mol. The van der Waals surface area contributed by atoms with Crippen molar-refractivity contribution < 1.29 is 44.5 Å². The van der Waals surface area contributed by atoms with Gasteiger partial charge in [0, 0.05) is 34.2 Å². The molecule has 0 heterocycles. The van der Waals surface area contributed by atoms with E-state index in [-0.39, 0.29) is 34.2 Å². The first-order chi connectivity index (χ1) is 17.5. The predicted octanol–water partition coefficient (Wildman–Crippen LogP) is 7.10. The summed E-state index contributed by atoms with van der Waals surface area (Å²) in [5.41, 5.74) is -2.98. The summed E-state index contributed by atoms with van der Waals surface area (Å²) in [6.45, 7) is 4.55. The van der Waals surface area contributed by atoms with Crippen LogP contribution in [0, 0.1) is 13.8 Å². The van der Waals surface area contributed by atoms with E-state index >= 15 is 4.39 Å². The molecule has 4 nitrogen and oxygen atoms in total. The molecule has 0 spiro atoms. The second kappa shape index (κ2) is 12.6. The normalized spacial score (nSPS) is 15.2. The summed E-state index contributed by atoms with van der Waals surface area (Å²) in [6, 6.07) is 3.95. The predicted molar refractivity (Wildman–Crippen MR) is 132 cm³/mol. The molecule has 2 aromatic carbocycles. The molecular formula is C25H25ClF7NO3S. The largest absolute Gasteiger partial charge is 0.417 e. The van der Waals surface area contributed by atoms with E-state index in [1.165, 1.54) is 13.8 Å². The molecule has 13 heteroatoms. The SMILES string of the molecule is CCS(=O)CC(NC(=O)c1ccc(/C(F)=C/C(c2cc(C)c(Cl)c(C)c2)C(F)(F)F)cc1C(F)(F)F)OC. The van der Waals surface area contributed by atoms with Gasteiger partial charge in [-0.05, 0) is 48.7 Å². The Hall–Kier alpha value is -2.44. The average Bonchev–Trinajstić information content (AvgIpc) is 2.83. The van der Waals surface area contributed by atoms with Crippen LogP contribution in [-0.2, 0) is 21.7 Å². The zero-order valence-corrected chi connectivity index (χ0v) is 22.3. The monoisotopic (exact) mass is 587 g/mol. The number of ether oxygens (including phenoxy) is 1. The van der Waals surface area contributed by atoms with Crippen LogP contribution in [0.5, 0.6) is 0 Å². The lowest BCUT2D eigenvalue weighted by atomic mass is 9.93. The summed E-state index contributed by atoms with van der Waals surface area (Å²) in [5, 5.41) is 2.41.